The van der Waals surface area contributed by atoms with Crippen LogP contribution in [0.1, 0.15) is 213 Å². The Kier molecular flexibility index (Phi) is 35.6. The van der Waals surface area contributed by atoms with Gasteiger partial charge in [0.2, 0.25) is 5.91 Å². The van der Waals surface area contributed by atoms with Gasteiger partial charge in [-0.15, -0.1) is 0 Å². The number of hydrogen-bond donors (Lipinski definition) is 5. The van der Waals surface area contributed by atoms with Crippen LogP contribution in [-0.2, 0) is 4.79 Å². The lowest BCUT2D eigenvalue weighted by Gasteiger charge is -2.27. The van der Waals surface area contributed by atoms with Crippen molar-refractivity contribution in [1.29, 1.82) is 0 Å². The van der Waals surface area contributed by atoms with Crippen molar-refractivity contribution in [3.05, 3.63) is 12.2 Å². The predicted molar refractivity (Wildman–Crippen MR) is 201 cm³/mol. The highest BCUT2D eigenvalue weighted by Gasteiger charge is 2.28. The molecular weight excluding hydrogens is 586 g/mol. The number of allylic oxidation sites excluding steroid dienone is 2. The van der Waals surface area contributed by atoms with E-state index < -0.39 is 36.9 Å². The summed E-state index contributed by atoms with van der Waals surface area (Å²) in [5.74, 6) is -0.590. The molecule has 0 bridgehead atoms. The smallest absolute Gasteiger partial charge is 0.249 e. The molecule has 280 valence electrons. The van der Waals surface area contributed by atoms with Gasteiger partial charge in [0.05, 0.1) is 18.8 Å². The van der Waals surface area contributed by atoms with E-state index in [-0.39, 0.29) is 0 Å². The summed E-state index contributed by atoms with van der Waals surface area (Å²) in [4.78, 5) is 12.5. The number of carbonyl (C=O) groups excluding carboxylic acids is 1. The Labute approximate surface area is 292 Å². The summed E-state index contributed by atoms with van der Waals surface area (Å²) in [7, 11) is 0. The first-order valence-corrected chi connectivity index (χ1v) is 20.6. The van der Waals surface area contributed by atoms with E-state index in [9.17, 15) is 25.2 Å². The SMILES string of the molecule is CCCCCCCCC=CCCCCC(O)C(O)C(CO)NC(=O)C(O)CCCCCCCCCCCCCCCCCCCCC. The Bertz CT molecular complexity index is 672. The first-order valence-electron chi connectivity index (χ1n) is 20.6. The molecule has 0 aromatic carbocycles. The van der Waals surface area contributed by atoms with E-state index in [0.29, 0.717) is 12.8 Å². The number of amides is 1. The second-order valence-corrected chi connectivity index (χ2v) is 14.3. The maximum atomic E-state index is 12.5. The van der Waals surface area contributed by atoms with Crippen molar-refractivity contribution in [2.45, 2.75) is 237 Å². The van der Waals surface area contributed by atoms with E-state index >= 15 is 0 Å². The molecule has 1 amide bonds. The third-order valence-electron chi connectivity index (χ3n) is 9.73. The molecule has 0 radical (unpaired) electrons. The molecule has 0 spiro atoms. The van der Waals surface area contributed by atoms with Crippen LogP contribution in [0.3, 0.4) is 0 Å². The molecule has 0 aliphatic heterocycles. The molecule has 47 heavy (non-hydrogen) atoms. The van der Waals surface area contributed by atoms with E-state index in [2.05, 4.69) is 31.3 Å². The van der Waals surface area contributed by atoms with Crippen LogP contribution in [0.4, 0.5) is 0 Å². The minimum Gasteiger partial charge on any atom is -0.394 e. The van der Waals surface area contributed by atoms with Crippen molar-refractivity contribution in [1.82, 2.24) is 5.32 Å². The number of nitrogens with one attached hydrogen (secondary N) is 1. The zero-order valence-corrected chi connectivity index (χ0v) is 31.3. The molecule has 0 aliphatic carbocycles. The summed E-state index contributed by atoms with van der Waals surface area (Å²) in [6, 6.07) is -0.991. The lowest BCUT2D eigenvalue weighted by molar-refractivity contribution is -0.132. The van der Waals surface area contributed by atoms with Crippen LogP contribution in [0.25, 0.3) is 0 Å². The second-order valence-electron chi connectivity index (χ2n) is 14.3. The summed E-state index contributed by atoms with van der Waals surface area (Å²) >= 11 is 0. The molecular formula is C41H81NO5. The van der Waals surface area contributed by atoms with Gasteiger partial charge in [-0.3, -0.25) is 4.79 Å². The molecule has 0 fully saturated rings. The largest absolute Gasteiger partial charge is 0.394 e. The van der Waals surface area contributed by atoms with Crippen LogP contribution in [0.15, 0.2) is 12.2 Å². The first-order chi connectivity index (χ1) is 23.0. The maximum Gasteiger partial charge on any atom is 0.249 e. The maximum absolute atomic E-state index is 12.5. The van der Waals surface area contributed by atoms with Gasteiger partial charge in [-0.25, -0.2) is 0 Å². The summed E-state index contributed by atoms with van der Waals surface area (Å²) in [5, 5.41) is 43.5. The summed E-state index contributed by atoms with van der Waals surface area (Å²) in [5.41, 5.74) is 0. The lowest BCUT2D eigenvalue weighted by Crippen LogP contribution is -2.53. The average Bonchev–Trinajstić information content (AvgIpc) is 3.07. The number of aliphatic hydroxyl groups is 4. The highest BCUT2D eigenvalue weighted by molar-refractivity contribution is 5.80. The van der Waals surface area contributed by atoms with Crippen LogP contribution in [0.5, 0.6) is 0 Å². The van der Waals surface area contributed by atoms with E-state index in [0.717, 1.165) is 44.9 Å². The van der Waals surface area contributed by atoms with E-state index in [4.69, 9.17) is 0 Å². The van der Waals surface area contributed by atoms with Gasteiger partial charge in [-0.1, -0.05) is 187 Å². The molecule has 0 rings (SSSR count). The number of aliphatic hydroxyl groups excluding tert-OH is 4. The molecule has 5 N–H and O–H groups in total. The molecule has 4 unspecified atom stereocenters. The van der Waals surface area contributed by atoms with Crippen LogP contribution in [-0.4, -0.2) is 57.3 Å². The normalized spacial score (nSPS) is 14.4. The van der Waals surface area contributed by atoms with Crippen molar-refractivity contribution >= 4 is 5.91 Å². The van der Waals surface area contributed by atoms with Crippen LogP contribution >= 0.6 is 0 Å². The Morgan fingerprint density at radius 2 is 0.851 bits per heavy atom. The summed E-state index contributed by atoms with van der Waals surface area (Å²) < 4.78 is 0. The minimum absolute atomic E-state index is 0.369. The Balaban J connectivity index is 3.74. The van der Waals surface area contributed by atoms with Crippen molar-refractivity contribution in [3.8, 4) is 0 Å². The number of unbranched alkanes of at least 4 members (excludes halogenated alkanes) is 26. The van der Waals surface area contributed by atoms with Crippen LogP contribution < -0.4 is 5.32 Å². The van der Waals surface area contributed by atoms with E-state index in [1.807, 2.05) is 0 Å². The molecule has 0 aromatic rings. The Hall–Kier alpha value is -0.950. The summed E-state index contributed by atoms with van der Waals surface area (Å²) in [6.07, 6.45) is 38.1. The third-order valence-corrected chi connectivity index (χ3v) is 9.73. The van der Waals surface area contributed by atoms with Gasteiger partial charge in [0.1, 0.15) is 12.2 Å². The zero-order chi connectivity index (χ0) is 34.6. The Morgan fingerprint density at radius 3 is 1.26 bits per heavy atom. The van der Waals surface area contributed by atoms with Gasteiger partial charge >= 0.3 is 0 Å². The van der Waals surface area contributed by atoms with Crippen molar-refractivity contribution in [2.24, 2.45) is 0 Å². The predicted octanol–water partition coefficient (Wildman–Crippen LogP) is 10.2. The van der Waals surface area contributed by atoms with E-state index in [1.165, 1.54) is 141 Å². The second kappa shape index (κ2) is 36.3. The number of carbonyl (C=O) groups is 1. The van der Waals surface area contributed by atoms with Gasteiger partial charge in [-0.05, 0) is 38.5 Å². The quantitative estimate of drug-likeness (QED) is 0.0335. The molecule has 0 heterocycles. The molecule has 6 nitrogen and oxygen atoms in total. The number of rotatable bonds is 37. The van der Waals surface area contributed by atoms with Crippen molar-refractivity contribution in [2.75, 3.05) is 6.61 Å². The highest BCUT2D eigenvalue weighted by Crippen LogP contribution is 2.16. The average molecular weight is 668 g/mol. The molecule has 0 aromatic heterocycles. The minimum atomic E-state index is -1.27. The fourth-order valence-corrected chi connectivity index (χ4v) is 6.40. The van der Waals surface area contributed by atoms with Crippen LogP contribution in [0, 0.1) is 0 Å². The topological polar surface area (TPSA) is 110 Å². The molecule has 0 saturated carbocycles. The molecule has 6 heteroatoms. The lowest BCUT2D eigenvalue weighted by atomic mass is 9.99. The van der Waals surface area contributed by atoms with Gasteiger partial charge < -0.3 is 25.7 Å². The molecule has 4 atom stereocenters. The van der Waals surface area contributed by atoms with Crippen LogP contribution in [0.2, 0.25) is 0 Å². The van der Waals surface area contributed by atoms with Crippen molar-refractivity contribution in [3.63, 3.8) is 0 Å². The third kappa shape index (κ3) is 30.8. The van der Waals surface area contributed by atoms with Gasteiger partial charge in [-0.2, -0.15) is 0 Å². The molecule has 0 aliphatic rings. The zero-order valence-electron chi connectivity index (χ0n) is 31.3. The Morgan fingerprint density at radius 1 is 0.511 bits per heavy atom. The summed E-state index contributed by atoms with van der Waals surface area (Å²) in [6.45, 7) is 4.02. The molecule has 0 saturated heterocycles. The van der Waals surface area contributed by atoms with Crippen molar-refractivity contribution < 1.29 is 25.2 Å². The van der Waals surface area contributed by atoms with E-state index in [1.54, 1.807) is 0 Å². The van der Waals surface area contributed by atoms with Gasteiger partial charge in [0.25, 0.3) is 0 Å². The monoisotopic (exact) mass is 668 g/mol. The fourth-order valence-electron chi connectivity index (χ4n) is 6.40. The van der Waals surface area contributed by atoms with Gasteiger partial charge in [0.15, 0.2) is 0 Å². The highest BCUT2D eigenvalue weighted by atomic mass is 16.3. The standard InChI is InChI=1S/C41H81NO5/c1-3-5-7-9-11-13-15-17-18-19-20-21-22-23-25-27-29-31-33-35-39(45)41(47)42-37(36-43)40(46)38(44)34-32-30-28-26-24-16-14-12-10-8-6-4-2/h24,26,37-40,43-46H,3-23,25,27-36H2,1-2H3,(H,42,47). The first kappa shape index (κ1) is 46.0. The fraction of sp³-hybridized carbons (Fsp3) is 0.927. The number of hydrogen-bond acceptors (Lipinski definition) is 5. The van der Waals surface area contributed by atoms with Gasteiger partial charge in [0, 0.05) is 0 Å².